The Balaban J connectivity index is 1.95. The van der Waals surface area contributed by atoms with E-state index in [1.54, 1.807) is 0 Å². The summed E-state index contributed by atoms with van der Waals surface area (Å²) in [6, 6.07) is 4.32. The van der Waals surface area contributed by atoms with Crippen LogP contribution in [0, 0.1) is 0 Å². The van der Waals surface area contributed by atoms with Crippen molar-refractivity contribution in [1.82, 2.24) is 30.6 Å². The van der Waals surface area contributed by atoms with Crippen LogP contribution in [0.3, 0.4) is 0 Å². The lowest BCUT2D eigenvalue weighted by Gasteiger charge is -2.36. The fraction of sp³-hybridized carbons (Fsp3) is 0.500. The summed E-state index contributed by atoms with van der Waals surface area (Å²) in [5, 5.41) is 18.7. The number of aromatic nitrogens is 5. The minimum Gasteiger partial charge on any atom is -0.353 e. The molecule has 1 fully saturated rings. The van der Waals surface area contributed by atoms with Crippen molar-refractivity contribution in [2.24, 2.45) is 0 Å². The van der Waals surface area contributed by atoms with E-state index in [2.05, 4.69) is 30.8 Å². The van der Waals surface area contributed by atoms with Crippen LogP contribution in [-0.4, -0.2) is 51.4 Å². The summed E-state index contributed by atoms with van der Waals surface area (Å²) in [5.41, 5.74) is 0.666. The summed E-state index contributed by atoms with van der Waals surface area (Å²) in [6.45, 7) is 2.01. The standard InChI is InChI=1S/C8H11N7/c1-14(6-4-9-5-6)8-3-2-7-10-12-13-15(7)11-8/h2-3,6,9H,4-5H2,1H3. The molecule has 0 atom stereocenters. The van der Waals surface area contributed by atoms with Crippen molar-refractivity contribution >= 4 is 11.5 Å². The van der Waals surface area contributed by atoms with Gasteiger partial charge in [-0.1, -0.05) is 0 Å². The van der Waals surface area contributed by atoms with E-state index < -0.39 is 0 Å². The van der Waals surface area contributed by atoms with Crippen LogP contribution in [0.5, 0.6) is 0 Å². The number of tetrazole rings is 1. The van der Waals surface area contributed by atoms with Gasteiger partial charge in [-0.15, -0.1) is 14.8 Å². The first kappa shape index (κ1) is 8.54. The number of hydrogen-bond donors (Lipinski definition) is 1. The number of likely N-dealkylation sites (N-methyl/N-ethyl adjacent to an activating group) is 1. The van der Waals surface area contributed by atoms with E-state index >= 15 is 0 Å². The molecule has 0 aliphatic carbocycles. The molecule has 0 bridgehead atoms. The zero-order valence-corrected chi connectivity index (χ0v) is 8.33. The molecule has 1 aliphatic heterocycles. The molecule has 7 heteroatoms. The first-order valence-corrected chi connectivity index (χ1v) is 4.83. The Morgan fingerprint density at radius 2 is 2.33 bits per heavy atom. The van der Waals surface area contributed by atoms with E-state index in [1.165, 1.54) is 4.63 Å². The molecule has 2 aromatic rings. The Bertz CT molecular complexity index is 475. The van der Waals surface area contributed by atoms with Gasteiger partial charge in [-0.05, 0) is 22.6 Å². The average Bonchev–Trinajstić information content (AvgIpc) is 2.61. The molecule has 3 heterocycles. The molecule has 1 saturated heterocycles. The predicted octanol–water partition coefficient (Wildman–Crippen LogP) is -1.07. The van der Waals surface area contributed by atoms with Gasteiger partial charge in [-0.3, -0.25) is 0 Å². The van der Waals surface area contributed by atoms with E-state index in [1.807, 2.05) is 19.2 Å². The van der Waals surface area contributed by atoms with Crippen molar-refractivity contribution < 1.29 is 0 Å². The molecule has 15 heavy (non-hydrogen) atoms. The highest BCUT2D eigenvalue weighted by atomic mass is 15.6. The molecule has 0 unspecified atom stereocenters. The van der Waals surface area contributed by atoms with Crippen molar-refractivity contribution in [3.8, 4) is 0 Å². The van der Waals surface area contributed by atoms with Gasteiger partial charge < -0.3 is 10.2 Å². The van der Waals surface area contributed by atoms with Gasteiger partial charge in [-0.2, -0.15) is 0 Å². The lowest BCUT2D eigenvalue weighted by atomic mass is 10.1. The molecule has 2 aromatic heterocycles. The normalized spacial score (nSPS) is 16.6. The van der Waals surface area contributed by atoms with Gasteiger partial charge in [0.25, 0.3) is 0 Å². The minimum atomic E-state index is 0.520. The smallest absolute Gasteiger partial charge is 0.200 e. The minimum absolute atomic E-state index is 0.520. The van der Waals surface area contributed by atoms with Crippen molar-refractivity contribution in [1.29, 1.82) is 0 Å². The molecule has 0 aromatic carbocycles. The number of anilines is 1. The highest BCUT2D eigenvalue weighted by molar-refractivity contribution is 5.44. The van der Waals surface area contributed by atoms with E-state index in [0.717, 1.165) is 18.9 Å². The van der Waals surface area contributed by atoms with Gasteiger partial charge >= 0.3 is 0 Å². The third-order valence-corrected chi connectivity index (χ3v) is 2.72. The summed E-state index contributed by atoms with van der Waals surface area (Å²) >= 11 is 0. The van der Waals surface area contributed by atoms with Gasteiger partial charge in [0, 0.05) is 20.1 Å². The van der Waals surface area contributed by atoms with Gasteiger partial charge in [0.2, 0.25) is 0 Å². The molecule has 1 N–H and O–H groups in total. The SMILES string of the molecule is CN(c1ccc2nnnn2n1)C1CNC1. The van der Waals surface area contributed by atoms with Crippen LogP contribution >= 0.6 is 0 Å². The number of nitrogens with one attached hydrogen (secondary N) is 1. The second-order valence-electron chi connectivity index (χ2n) is 3.64. The zero-order valence-electron chi connectivity index (χ0n) is 8.33. The van der Waals surface area contributed by atoms with Gasteiger partial charge in [0.1, 0.15) is 0 Å². The van der Waals surface area contributed by atoms with E-state index in [4.69, 9.17) is 0 Å². The molecule has 78 valence electrons. The molecular weight excluding hydrogens is 194 g/mol. The number of hydrogen-bond acceptors (Lipinski definition) is 6. The fourth-order valence-corrected chi connectivity index (χ4v) is 1.56. The first-order valence-electron chi connectivity index (χ1n) is 4.83. The lowest BCUT2D eigenvalue weighted by Crippen LogP contribution is -2.56. The van der Waals surface area contributed by atoms with E-state index in [-0.39, 0.29) is 0 Å². The van der Waals surface area contributed by atoms with Crippen LogP contribution in [0.25, 0.3) is 5.65 Å². The van der Waals surface area contributed by atoms with E-state index in [0.29, 0.717) is 11.7 Å². The third-order valence-electron chi connectivity index (χ3n) is 2.72. The Hall–Kier alpha value is -1.76. The Morgan fingerprint density at radius 1 is 1.47 bits per heavy atom. The van der Waals surface area contributed by atoms with Gasteiger partial charge in [0.15, 0.2) is 11.5 Å². The molecule has 7 nitrogen and oxygen atoms in total. The van der Waals surface area contributed by atoms with Crippen LogP contribution in [0.15, 0.2) is 12.1 Å². The third kappa shape index (κ3) is 1.32. The predicted molar refractivity (Wildman–Crippen MR) is 53.6 cm³/mol. The molecular formula is C8H11N7. The van der Waals surface area contributed by atoms with Crippen molar-refractivity contribution in [2.75, 3.05) is 25.0 Å². The Labute approximate surface area is 86.1 Å². The van der Waals surface area contributed by atoms with Crippen molar-refractivity contribution in [3.05, 3.63) is 12.1 Å². The topological polar surface area (TPSA) is 71.2 Å². The summed E-state index contributed by atoms with van der Waals surface area (Å²) < 4.78 is 1.44. The Kier molecular flexibility index (Phi) is 1.78. The molecule has 3 rings (SSSR count). The highest BCUT2D eigenvalue weighted by Gasteiger charge is 2.22. The summed E-state index contributed by atoms with van der Waals surface area (Å²) in [4.78, 5) is 2.14. The van der Waals surface area contributed by atoms with Crippen LogP contribution in [0.1, 0.15) is 0 Å². The van der Waals surface area contributed by atoms with E-state index in [9.17, 15) is 0 Å². The Morgan fingerprint density at radius 3 is 3.07 bits per heavy atom. The van der Waals surface area contributed by atoms with Gasteiger partial charge in [-0.25, -0.2) is 0 Å². The van der Waals surface area contributed by atoms with Crippen LogP contribution in [0.4, 0.5) is 5.82 Å². The zero-order chi connectivity index (χ0) is 10.3. The average molecular weight is 205 g/mol. The highest BCUT2D eigenvalue weighted by Crippen LogP contribution is 2.13. The monoisotopic (exact) mass is 205 g/mol. The van der Waals surface area contributed by atoms with Crippen LogP contribution in [-0.2, 0) is 0 Å². The number of nitrogens with zero attached hydrogens (tertiary/aromatic N) is 6. The summed E-state index contributed by atoms with van der Waals surface area (Å²) in [6.07, 6.45) is 0. The van der Waals surface area contributed by atoms with Crippen molar-refractivity contribution in [2.45, 2.75) is 6.04 Å². The maximum atomic E-state index is 4.32. The lowest BCUT2D eigenvalue weighted by molar-refractivity contribution is 0.425. The maximum Gasteiger partial charge on any atom is 0.200 e. The molecule has 1 aliphatic rings. The summed E-state index contributed by atoms with van der Waals surface area (Å²) in [5.74, 6) is 0.890. The second kappa shape index (κ2) is 3.13. The van der Waals surface area contributed by atoms with Crippen LogP contribution < -0.4 is 10.2 Å². The molecule has 0 spiro atoms. The quantitative estimate of drug-likeness (QED) is 0.673. The molecule has 0 radical (unpaired) electrons. The van der Waals surface area contributed by atoms with Gasteiger partial charge in [0.05, 0.1) is 6.04 Å². The van der Waals surface area contributed by atoms with Crippen molar-refractivity contribution in [3.63, 3.8) is 0 Å². The largest absolute Gasteiger partial charge is 0.353 e. The number of rotatable bonds is 2. The number of fused-ring (bicyclic) bond motifs is 1. The molecule has 0 saturated carbocycles. The first-order chi connectivity index (χ1) is 7.34. The van der Waals surface area contributed by atoms with Crippen LogP contribution in [0.2, 0.25) is 0 Å². The molecule has 0 amide bonds. The fourth-order valence-electron chi connectivity index (χ4n) is 1.56. The maximum absolute atomic E-state index is 4.32. The summed E-state index contributed by atoms with van der Waals surface area (Å²) in [7, 11) is 2.03. The second-order valence-corrected chi connectivity index (χ2v) is 3.64.